The number of hydrogen-bond donors (Lipinski definition) is 2. The molecule has 0 radical (unpaired) electrons. The summed E-state index contributed by atoms with van der Waals surface area (Å²) in [5.74, 6) is -0.297. The molecule has 1 aliphatic heterocycles. The third-order valence-electron chi connectivity index (χ3n) is 5.48. The Hall–Kier alpha value is -2.52. The average molecular weight is 418 g/mol. The first-order chi connectivity index (χ1) is 14.3. The number of nitrogens with zero attached hydrogens (tertiary/aromatic N) is 3. The van der Waals surface area contributed by atoms with Crippen molar-refractivity contribution in [3.8, 4) is 0 Å². The van der Waals surface area contributed by atoms with Gasteiger partial charge in [-0.25, -0.2) is 9.78 Å². The zero-order valence-corrected chi connectivity index (χ0v) is 18.2. The fourth-order valence-electron chi connectivity index (χ4n) is 3.68. The van der Waals surface area contributed by atoms with Crippen LogP contribution in [-0.2, 0) is 11.3 Å². The number of H-pyrrole nitrogens is 1. The first-order valence-electron chi connectivity index (χ1n) is 10.6. The summed E-state index contributed by atoms with van der Waals surface area (Å²) < 4.78 is 6.82. The van der Waals surface area contributed by atoms with Gasteiger partial charge in [0.1, 0.15) is 0 Å². The van der Waals surface area contributed by atoms with Gasteiger partial charge in [-0.1, -0.05) is 20.8 Å². The van der Waals surface area contributed by atoms with Gasteiger partial charge in [0.05, 0.1) is 24.2 Å². The lowest BCUT2D eigenvalue weighted by molar-refractivity contribution is 0.0204. The van der Waals surface area contributed by atoms with Crippen molar-refractivity contribution >= 4 is 16.9 Å². The Morgan fingerprint density at radius 1 is 1.27 bits per heavy atom. The number of pyridine rings is 1. The molecule has 0 aliphatic carbocycles. The van der Waals surface area contributed by atoms with Gasteiger partial charge >= 0.3 is 5.69 Å². The third kappa shape index (κ3) is 4.62. The van der Waals surface area contributed by atoms with Crippen LogP contribution in [0.1, 0.15) is 56.1 Å². The van der Waals surface area contributed by atoms with E-state index >= 15 is 0 Å². The van der Waals surface area contributed by atoms with Crippen LogP contribution < -0.4 is 16.6 Å². The number of ether oxygens (including phenoxy) is 1. The summed E-state index contributed by atoms with van der Waals surface area (Å²) in [4.78, 5) is 47.3. The Morgan fingerprint density at radius 2 is 1.97 bits per heavy atom. The van der Waals surface area contributed by atoms with Gasteiger partial charge in [0.2, 0.25) is 0 Å². The Balaban J connectivity index is 1.99. The number of aryl methyl sites for hydroxylation is 1. The van der Waals surface area contributed by atoms with Gasteiger partial charge in [-0.3, -0.25) is 24.0 Å². The maximum atomic E-state index is 13.1. The maximum Gasteiger partial charge on any atom is 0.329 e. The SMILES string of the molecule is CCCn1c(=O)[nH]c(=O)c2c(C(=O)NCC(C)N3CCOCC3)cc(C(C)C)nc21. The highest BCUT2D eigenvalue weighted by Crippen LogP contribution is 2.20. The lowest BCUT2D eigenvalue weighted by Crippen LogP contribution is -2.47. The second-order valence-corrected chi connectivity index (χ2v) is 8.07. The standard InChI is InChI=1S/C21H31N5O4/c1-5-6-26-18-17(20(28)24-21(26)29)15(11-16(23-18)13(2)3)19(27)22-12-14(4)25-7-9-30-10-8-25/h11,13-14H,5-10,12H2,1-4H3,(H,22,27)(H,24,28,29). The van der Waals surface area contributed by atoms with Crippen molar-refractivity contribution in [1.82, 2.24) is 24.8 Å². The zero-order valence-electron chi connectivity index (χ0n) is 18.2. The van der Waals surface area contributed by atoms with Crippen LogP contribution in [0.15, 0.2) is 15.7 Å². The van der Waals surface area contributed by atoms with Gasteiger partial charge in [0.25, 0.3) is 11.5 Å². The van der Waals surface area contributed by atoms with E-state index < -0.39 is 11.2 Å². The largest absolute Gasteiger partial charge is 0.379 e. The lowest BCUT2D eigenvalue weighted by atomic mass is 10.0. The molecule has 0 spiro atoms. The molecule has 0 bridgehead atoms. The Kier molecular flexibility index (Phi) is 7.04. The minimum absolute atomic E-state index is 0.0395. The van der Waals surface area contributed by atoms with Crippen LogP contribution in [0.4, 0.5) is 0 Å². The van der Waals surface area contributed by atoms with Gasteiger partial charge in [-0.15, -0.1) is 0 Å². The number of rotatable bonds is 7. The summed E-state index contributed by atoms with van der Waals surface area (Å²) in [5.41, 5.74) is 0.0995. The van der Waals surface area contributed by atoms with Crippen molar-refractivity contribution in [2.24, 2.45) is 0 Å². The minimum Gasteiger partial charge on any atom is -0.379 e. The normalized spacial score (nSPS) is 16.2. The number of amides is 1. The highest BCUT2D eigenvalue weighted by Gasteiger charge is 2.22. The van der Waals surface area contributed by atoms with Crippen LogP contribution in [0, 0.1) is 0 Å². The van der Waals surface area contributed by atoms with E-state index in [2.05, 4.69) is 27.1 Å². The quantitative estimate of drug-likeness (QED) is 0.697. The molecule has 164 valence electrons. The summed E-state index contributed by atoms with van der Waals surface area (Å²) in [6.45, 7) is 11.8. The highest BCUT2D eigenvalue weighted by molar-refractivity contribution is 6.05. The first kappa shape index (κ1) is 22.2. The minimum atomic E-state index is -0.587. The monoisotopic (exact) mass is 417 g/mol. The molecular weight excluding hydrogens is 386 g/mol. The first-order valence-corrected chi connectivity index (χ1v) is 10.6. The van der Waals surface area contributed by atoms with E-state index in [4.69, 9.17) is 4.74 Å². The second-order valence-electron chi connectivity index (χ2n) is 8.07. The number of nitrogens with one attached hydrogen (secondary N) is 2. The molecule has 0 aromatic carbocycles. The molecule has 1 unspecified atom stereocenters. The summed E-state index contributed by atoms with van der Waals surface area (Å²) >= 11 is 0. The molecule has 3 heterocycles. The van der Waals surface area contributed by atoms with Crippen molar-refractivity contribution in [3.63, 3.8) is 0 Å². The van der Waals surface area contributed by atoms with Gasteiger partial charge < -0.3 is 10.1 Å². The van der Waals surface area contributed by atoms with Crippen molar-refractivity contribution in [3.05, 3.63) is 38.2 Å². The summed E-state index contributed by atoms with van der Waals surface area (Å²) in [6.07, 6.45) is 0.702. The predicted octanol–water partition coefficient (Wildman–Crippen LogP) is 1.07. The van der Waals surface area contributed by atoms with E-state index in [1.807, 2.05) is 20.8 Å². The van der Waals surface area contributed by atoms with Gasteiger partial charge in [-0.2, -0.15) is 0 Å². The van der Waals surface area contributed by atoms with Crippen molar-refractivity contribution in [1.29, 1.82) is 0 Å². The molecule has 2 aromatic rings. The molecule has 9 nitrogen and oxygen atoms in total. The summed E-state index contributed by atoms with van der Waals surface area (Å²) in [6, 6.07) is 1.81. The second kappa shape index (κ2) is 9.53. The molecule has 1 fully saturated rings. The Labute approximate surface area is 175 Å². The van der Waals surface area contributed by atoms with Crippen LogP contribution in [0.5, 0.6) is 0 Å². The van der Waals surface area contributed by atoms with Gasteiger partial charge in [0.15, 0.2) is 5.65 Å². The Morgan fingerprint density at radius 3 is 2.60 bits per heavy atom. The molecule has 1 atom stereocenters. The molecule has 1 saturated heterocycles. The van der Waals surface area contributed by atoms with Crippen LogP contribution in [-0.4, -0.2) is 64.2 Å². The van der Waals surface area contributed by atoms with E-state index in [0.29, 0.717) is 38.4 Å². The van der Waals surface area contributed by atoms with E-state index in [-0.39, 0.29) is 34.5 Å². The molecule has 1 aliphatic rings. The van der Waals surface area contributed by atoms with Gasteiger partial charge in [0, 0.05) is 37.9 Å². The van der Waals surface area contributed by atoms with Crippen molar-refractivity contribution in [2.45, 2.75) is 52.6 Å². The topological polar surface area (TPSA) is 109 Å². The highest BCUT2D eigenvalue weighted by atomic mass is 16.5. The molecular formula is C21H31N5O4. The maximum absolute atomic E-state index is 13.1. The molecule has 9 heteroatoms. The van der Waals surface area contributed by atoms with Gasteiger partial charge in [-0.05, 0) is 25.3 Å². The Bertz CT molecular complexity index is 1020. The van der Waals surface area contributed by atoms with Crippen molar-refractivity contribution in [2.75, 3.05) is 32.8 Å². The average Bonchev–Trinajstić information content (AvgIpc) is 2.74. The number of aromatic nitrogens is 3. The molecule has 2 N–H and O–H groups in total. The number of aromatic amines is 1. The van der Waals surface area contributed by atoms with Crippen LogP contribution >= 0.6 is 0 Å². The molecule has 0 saturated carbocycles. The number of carbonyl (C=O) groups excluding carboxylic acids is 1. The van der Waals surface area contributed by atoms with Crippen molar-refractivity contribution < 1.29 is 9.53 Å². The number of hydrogen-bond acceptors (Lipinski definition) is 6. The van der Waals surface area contributed by atoms with Crippen LogP contribution in [0.3, 0.4) is 0 Å². The molecule has 30 heavy (non-hydrogen) atoms. The number of carbonyl (C=O) groups is 1. The van der Waals surface area contributed by atoms with E-state index in [1.54, 1.807) is 6.07 Å². The van der Waals surface area contributed by atoms with Crippen LogP contribution in [0.25, 0.3) is 11.0 Å². The fraction of sp³-hybridized carbons (Fsp3) is 0.619. The zero-order chi connectivity index (χ0) is 21.8. The third-order valence-corrected chi connectivity index (χ3v) is 5.48. The smallest absolute Gasteiger partial charge is 0.329 e. The van der Waals surface area contributed by atoms with Crippen LogP contribution in [0.2, 0.25) is 0 Å². The molecule has 3 rings (SSSR count). The predicted molar refractivity (Wildman–Crippen MR) is 115 cm³/mol. The number of morpholine rings is 1. The summed E-state index contributed by atoms with van der Waals surface area (Å²) in [7, 11) is 0. The summed E-state index contributed by atoms with van der Waals surface area (Å²) in [5, 5.41) is 3.11. The molecule has 1 amide bonds. The van der Waals surface area contributed by atoms with E-state index in [1.165, 1.54) is 4.57 Å². The lowest BCUT2D eigenvalue weighted by Gasteiger charge is -2.32. The van der Waals surface area contributed by atoms with E-state index in [9.17, 15) is 14.4 Å². The molecule has 2 aromatic heterocycles. The number of fused-ring (bicyclic) bond motifs is 1. The van der Waals surface area contributed by atoms with E-state index in [0.717, 1.165) is 13.1 Å². The fourth-order valence-corrected chi connectivity index (χ4v) is 3.68.